The number of hydrogen-bond donors (Lipinski definition) is 3. The molecule has 3 aromatic carbocycles. The van der Waals surface area contributed by atoms with Gasteiger partial charge in [0.05, 0.1) is 28.7 Å². The predicted molar refractivity (Wildman–Crippen MR) is 230 cm³/mol. The first-order valence-corrected chi connectivity index (χ1v) is 20.5. The van der Waals surface area contributed by atoms with Gasteiger partial charge in [0.1, 0.15) is 36.4 Å². The SMILES string of the molecule is CC(C)(C)C(O)(CCc1ccc(Cl)cc1)Cn1cncn1.OC(Cc1ccccc1Cl)(Cn1nc[nH]c1=S)C1(Cl)CC1.[O-][n+]1nc(-n2ccnc2)nc2ccc(Cl)cc21. The van der Waals surface area contributed by atoms with E-state index in [1.54, 1.807) is 44.8 Å². The first kappa shape index (κ1) is 44.1. The number of aromatic nitrogens is 11. The molecule has 310 valence electrons. The number of benzene rings is 3. The fraction of sp³-hybridized carbons (Fsp3) is 0.350. The molecule has 4 heterocycles. The molecule has 8 rings (SSSR count). The minimum atomic E-state index is -1.15. The molecule has 0 saturated heterocycles. The molecule has 0 radical (unpaired) electrons. The van der Waals surface area contributed by atoms with Crippen molar-refractivity contribution in [2.45, 2.75) is 82.0 Å². The Labute approximate surface area is 366 Å². The van der Waals surface area contributed by atoms with Gasteiger partial charge in [0.2, 0.25) is 0 Å². The highest BCUT2D eigenvalue weighted by Crippen LogP contribution is 2.53. The van der Waals surface area contributed by atoms with E-state index >= 15 is 0 Å². The average Bonchev–Trinajstić information content (AvgIpc) is 3.60. The molecular formula is C40H43Cl4N11O3S. The van der Waals surface area contributed by atoms with Gasteiger partial charge < -0.3 is 20.4 Å². The van der Waals surface area contributed by atoms with Gasteiger partial charge in [-0.2, -0.15) is 10.2 Å². The summed E-state index contributed by atoms with van der Waals surface area (Å²) in [6.07, 6.45) is 12.8. The predicted octanol–water partition coefficient (Wildman–Crippen LogP) is 7.78. The highest BCUT2D eigenvalue weighted by molar-refractivity contribution is 7.71. The first-order chi connectivity index (χ1) is 28.0. The van der Waals surface area contributed by atoms with Gasteiger partial charge in [-0.3, -0.25) is 9.25 Å². The lowest BCUT2D eigenvalue weighted by atomic mass is 9.73. The van der Waals surface area contributed by atoms with Crippen LogP contribution in [0, 0.1) is 15.4 Å². The Morgan fingerprint density at radius 1 is 0.932 bits per heavy atom. The van der Waals surface area contributed by atoms with E-state index in [-0.39, 0.29) is 17.9 Å². The third-order valence-corrected chi connectivity index (χ3v) is 12.2. The molecule has 7 aromatic rings. The minimum absolute atomic E-state index is 0.240. The molecule has 1 aliphatic rings. The van der Waals surface area contributed by atoms with Crippen molar-refractivity contribution in [2.24, 2.45) is 5.41 Å². The van der Waals surface area contributed by atoms with Crippen molar-refractivity contribution >= 4 is 69.7 Å². The van der Waals surface area contributed by atoms with Gasteiger partial charge in [0.25, 0.3) is 5.52 Å². The van der Waals surface area contributed by atoms with Crippen LogP contribution in [0.4, 0.5) is 0 Å². The zero-order chi connectivity index (χ0) is 42.4. The Hall–Kier alpha value is -4.48. The van der Waals surface area contributed by atoms with Crippen molar-refractivity contribution in [1.82, 2.24) is 49.2 Å². The second-order valence-corrected chi connectivity index (χ2v) is 17.8. The van der Waals surface area contributed by atoms with Gasteiger partial charge in [-0.15, -0.1) is 11.6 Å². The number of aliphatic hydroxyl groups is 2. The third-order valence-electron chi connectivity index (χ3n) is 10.3. The lowest BCUT2D eigenvalue weighted by Gasteiger charge is -2.40. The van der Waals surface area contributed by atoms with Crippen LogP contribution in [0.25, 0.3) is 17.0 Å². The monoisotopic (exact) mass is 897 g/mol. The Bertz CT molecular complexity index is 2510. The van der Waals surface area contributed by atoms with E-state index in [4.69, 9.17) is 58.6 Å². The summed E-state index contributed by atoms with van der Waals surface area (Å²) < 4.78 is 5.28. The van der Waals surface area contributed by atoms with Crippen molar-refractivity contribution < 1.29 is 15.1 Å². The van der Waals surface area contributed by atoms with Crippen LogP contribution in [0.2, 0.25) is 15.1 Å². The number of rotatable bonds is 11. The number of H-pyrrole nitrogens is 1. The molecule has 14 nitrogen and oxygen atoms in total. The molecule has 2 unspecified atom stereocenters. The zero-order valence-corrected chi connectivity index (χ0v) is 36.3. The summed E-state index contributed by atoms with van der Waals surface area (Å²) in [5.74, 6) is 0.271. The largest absolute Gasteiger partial charge is 0.594 e. The summed E-state index contributed by atoms with van der Waals surface area (Å²) in [6.45, 7) is 6.82. The molecule has 1 fully saturated rings. The number of halogens is 4. The molecule has 2 atom stereocenters. The van der Waals surface area contributed by atoms with E-state index in [1.807, 2.05) is 69.3 Å². The standard InChI is InChI=1S/C16H22ClN3O.C14H15Cl2N3OS.C10H6ClN5O/c1-15(2,3)16(21,10-20-12-18-11-19-20)9-8-13-4-6-14(17)7-5-13;15-11-4-2-1-3-10(11)7-14(20,13(16)5-6-13)8-19-12(21)17-9-18-19;11-7-1-2-8-9(5-7)16(17)14-10(13-8)15-4-3-12-6-15/h4-7,11-12,21H,8-10H2,1-3H3;1-4,9,20H,5-8H2,(H,17,18,21);1-6H. The van der Waals surface area contributed by atoms with Crippen LogP contribution < -0.4 is 4.85 Å². The van der Waals surface area contributed by atoms with Crippen LogP contribution in [0.5, 0.6) is 0 Å². The van der Waals surface area contributed by atoms with Crippen molar-refractivity contribution in [3.63, 3.8) is 0 Å². The van der Waals surface area contributed by atoms with Crippen LogP contribution in [-0.4, -0.2) is 75.5 Å². The van der Waals surface area contributed by atoms with E-state index in [0.29, 0.717) is 50.1 Å². The van der Waals surface area contributed by atoms with Gasteiger partial charge >= 0.3 is 5.95 Å². The number of aryl methyl sites for hydroxylation is 1. The molecule has 3 N–H and O–H groups in total. The molecular weight excluding hydrogens is 856 g/mol. The molecule has 0 spiro atoms. The van der Waals surface area contributed by atoms with Crippen LogP contribution in [-0.2, 0) is 25.9 Å². The lowest BCUT2D eigenvalue weighted by Crippen LogP contribution is -2.47. The average molecular weight is 900 g/mol. The molecule has 1 saturated carbocycles. The molecule has 0 amide bonds. The van der Waals surface area contributed by atoms with Crippen molar-refractivity contribution in [1.29, 1.82) is 0 Å². The quantitative estimate of drug-likeness (QED) is 0.0503. The molecule has 0 bridgehead atoms. The number of imidazole rings is 1. The van der Waals surface area contributed by atoms with Gasteiger partial charge in [0, 0.05) is 39.9 Å². The Morgan fingerprint density at radius 2 is 1.66 bits per heavy atom. The summed E-state index contributed by atoms with van der Waals surface area (Å²) >= 11 is 29.6. The molecule has 19 heteroatoms. The number of nitrogens with zero attached hydrogens (tertiary/aromatic N) is 10. The third kappa shape index (κ3) is 11.0. The van der Waals surface area contributed by atoms with Crippen LogP contribution in [0.1, 0.15) is 51.2 Å². The molecule has 1 aliphatic carbocycles. The Kier molecular flexibility index (Phi) is 13.8. The first-order valence-electron chi connectivity index (χ1n) is 18.6. The zero-order valence-electron chi connectivity index (χ0n) is 32.5. The van der Waals surface area contributed by atoms with E-state index in [0.717, 1.165) is 29.8 Å². The van der Waals surface area contributed by atoms with Crippen molar-refractivity contribution in [3.8, 4) is 5.95 Å². The van der Waals surface area contributed by atoms with E-state index in [9.17, 15) is 15.4 Å². The summed E-state index contributed by atoms with van der Waals surface area (Å²) in [6, 6.07) is 20.1. The number of aromatic amines is 1. The van der Waals surface area contributed by atoms with Gasteiger partial charge in [0.15, 0.2) is 4.77 Å². The number of hydrogen-bond acceptors (Lipinski definition) is 10. The fourth-order valence-corrected chi connectivity index (χ4v) is 7.18. The normalized spacial score (nSPS) is 15.3. The van der Waals surface area contributed by atoms with E-state index in [1.165, 1.54) is 30.6 Å². The maximum atomic E-state index is 11.7. The second kappa shape index (κ2) is 18.4. The van der Waals surface area contributed by atoms with Gasteiger partial charge in [-0.05, 0) is 89.6 Å². The van der Waals surface area contributed by atoms with Gasteiger partial charge in [-0.1, -0.05) is 85.9 Å². The van der Waals surface area contributed by atoms with E-state index in [2.05, 4.69) is 35.2 Å². The molecule has 59 heavy (non-hydrogen) atoms. The summed E-state index contributed by atoms with van der Waals surface area (Å²) in [4.78, 5) is 14.8. The summed E-state index contributed by atoms with van der Waals surface area (Å²) in [7, 11) is 0. The summed E-state index contributed by atoms with van der Waals surface area (Å²) in [5, 5.41) is 47.9. The van der Waals surface area contributed by atoms with Crippen molar-refractivity contribution in [3.05, 3.63) is 141 Å². The minimum Gasteiger partial charge on any atom is -0.594 e. The smallest absolute Gasteiger partial charge is 0.302 e. The number of alkyl halides is 1. The molecule has 0 aliphatic heterocycles. The fourth-order valence-electron chi connectivity index (χ4n) is 6.30. The van der Waals surface area contributed by atoms with E-state index < -0.39 is 16.1 Å². The Balaban J connectivity index is 0.000000150. The van der Waals surface area contributed by atoms with Crippen LogP contribution in [0.15, 0.2) is 104 Å². The summed E-state index contributed by atoms with van der Waals surface area (Å²) in [5.41, 5.74) is 0.638. The second-order valence-electron chi connectivity index (χ2n) is 15.4. The van der Waals surface area contributed by atoms with Crippen LogP contribution >= 0.6 is 58.6 Å². The number of nitrogens with one attached hydrogen (secondary N) is 1. The lowest BCUT2D eigenvalue weighted by molar-refractivity contribution is -0.642. The van der Waals surface area contributed by atoms with Gasteiger partial charge in [-0.25, -0.2) is 19.6 Å². The highest BCUT2D eigenvalue weighted by atomic mass is 35.5. The van der Waals surface area contributed by atoms with Crippen molar-refractivity contribution in [2.75, 3.05) is 0 Å². The maximum Gasteiger partial charge on any atom is 0.302 e. The number of fused-ring (bicyclic) bond motifs is 1. The Morgan fingerprint density at radius 3 is 2.27 bits per heavy atom. The highest BCUT2D eigenvalue weighted by Gasteiger charge is 2.58. The maximum absolute atomic E-state index is 11.7. The topological polar surface area (TPSA) is 175 Å². The molecule has 4 aromatic heterocycles. The van der Waals surface area contributed by atoms with Crippen LogP contribution in [0.3, 0.4) is 0 Å².